The molecule has 2 rings (SSSR count). The van der Waals surface area contributed by atoms with Gasteiger partial charge in [-0.2, -0.15) is 0 Å². The van der Waals surface area contributed by atoms with E-state index >= 15 is 0 Å². The summed E-state index contributed by atoms with van der Waals surface area (Å²) in [5.41, 5.74) is 0.621. The van der Waals surface area contributed by atoms with E-state index in [2.05, 4.69) is 16.5 Å². The maximum absolute atomic E-state index is 12.3. The van der Waals surface area contributed by atoms with Gasteiger partial charge >= 0.3 is 0 Å². The lowest BCUT2D eigenvalue weighted by molar-refractivity contribution is 0.271. The van der Waals surface area contributed by atoms with Crippen LogP contribution in [0.4, 0.5) is 0 Å². The monoisotopic (exact) mass is 315 g/mol. The molecule has 1 atom stereocenters. The number of hydrogen-bond donors (Lipinski definition) is 2. The third-order valence-corrected chi connectivity index (χ3v) is 5.54. The lowest BCUT2D eigenvalue weighted by atomic mass is 10.1. The summed E-state index contributed by atoms with van der Waals surface area (Å²) in [6.45, 7) is 8.02. The number of sulfonamides is 1. The van der Waals surface area contributed by atoms with Crippen LogP contribution in [0.3, 0.4) is 0 Å². The van der Waals surface area contributed by atoms with Gasteiger partial charge in [-0.05, 0) is 38.4 Å². The summed E-state index contributed by atoms with van der Waals surface area (Å²) < 4.78 is 29.1. The Balaban J connectivity index is 2.00. The Kier molecular flexibility index (Phi) is 5.43. The van der Waals surface area contributed by atoms with Crippen molar-refractivity contribution in [3.05, 3.63) is 18.0 Å². The van der Waals surface area contributed by atoms with Crippen LogP contribution in [0.1, 0.15) is 26.0 Å². The predicted octanol–water partition coefficient (Wildman–Crippen LogP) is 0.620. The van der Waals surface area contributed by atoms with Crippen molar-refractivity contribution in [1.82, 2.24) is 14.2 Å². The molecule has 2 N–H and O–H groups in total. The highest BCUT2D eigenvalue weighted by Crippen LogP contribution is 2.18. The predicted molar refractivity (Wildman–Crippen MR) is 81.4 cm³/mol. The van der Waals surface area contributed by atoms with E-state index in [1.54, 1.807) is 16.8 Å². The second-order valence-electron chi connectivity index (χ2n) is 5.51. The van der Waals surface area contributed by atoms with Crippen molar-refractivity contribution in [3.63, 3.8) is 0 Å². The van der Waals surface area contributed by atoms with Crippen LogP contribution in [0.5, 0.6) is 0 Å². The van der Waals surface area contributed by atoms with Crippen LogP contribution in [0.15, 0.2) is 17.2 Å². The van der Waals surface area contributed by atoms with Gasteiger partial charge in [0.25, 0.3) is 0 Å². The second-order valence-corrected chi connectivity index (χ2v) is 7.28. The molecule has 6 nitrogen and oxygen atoms in total. The summed E-state index contributed by atoms with van der Waals surface area (Å²) in [7, 11) is -3.49. The fraction of sp³-hybridized carbons (Fsp3) is 0.714. The van der Waals surface area contributed by atoms with Gasteiger partial charge in [0.15, 0.2) is 0 Å². The third kappa shape index (κ3) is 3.85. The van der Waals surface area contributed by atoms with Crippen LogP contribution in [0.25, 0.3) is 0 Å². The molecule has 2 heterocycles. The van der Waals surface area contributed by atoms with Crippen molar-refractivity contribution in [2.45, 2.75) is 38.3 Å². The first-order valence-corrected chi connectivity index (χ1v) is 9.00. The lowest BCUT2D eigenvalue weighted by Gasteiger charge is -2.13. The summed E-state index contributed by atoms with van der Waals surface area (Å²) in [6.07, 6.45) is 2.62. The Hall–Kier alpha value is -0.890. The van der Waals surface area contributed by atoms with E-state index in [0.717, 1.165) is 26.1 Å². The van der Waals surface area contributed by atoms with Gasteiger partial charge in [-0.3, -0.25) is 0 Å². The molecule has 1 aliphatic rings. The first-order valence-electron chi connectivity index (χ1n) is 7.52. The Labute approximate surface area is 126 Å². The van der Waals surface area contributed by atoms with Crippen molar-refractivity contribution in [2.75, 3.05) is 26.2 Å². The van der Waals surface area contributed by atoms with Crippen LogP contribution in [0.2, 0.25) is 0 Å². The highest BCUT2D eigenvalue weighted by atomic mass is 32.2. The summed E-state index contributed by atoms with van der Waals surface area (Å²) >= 11 is 0. The van der Waals surface area contributed by atoms with Crippen molar-refractivity contribution in [3.8, 4) is 0 Å². The number of aryl methyl sites for hydroxylation is 1. The quantitative estimate of drug-likeness (QED) is 0.773. The van der Waals surface area contributed by atoms with E-state index in [4.69, 9.17) is 0 Å². The van der Waals surface area contributed by atoms with E-state index in [9.17, 15) is 13.5 Å². The summed E-state index contributed by atoms with van der Waals surface area (Å²) in [4.78, 5) is 2.56. The fourth-order valence-electron chi connectivity index (χ4n) is 2.78. The van der Waals surface area contributed by atoms with Gasteiger partial charge in [-0.15, -0.1) is 0 Å². The normalized spacial score (nSPS) is 20.2. The van der Waals surface area contributed by atoms with Crippen LogP contribution in [-0.4, -0.2) is 49.2 Å². The molecule has 7 heteroatoms. The molecule has 21 heavy (non-hydrogen) atoms. The maximum Gasteiger partial charge on any atom is 0.242 e. The summed E-state index contributed by atoms with van der Waals surface area (Å²) in [5, 5.41) is 9.25. The largest absolute Gasteiger partial charge is 0.390 e. The minimum atomic E-state index is -3.49. The van der Waals surface area contributed by atoms with E-state index in [1.807, 2.05) is 6.92 Å². The van der Waals surface area contributed by atoms with Crippen molar-refractivity contribution in [1.29, 1.82) is 0 Å². The minimum absolute atomic E-state index is 0.155. The zero-order valence-electron chi connectivity index (χ0n) is 12.7. The molecule has 1 fully saturated rings. The molecular weight excluding hydrogens is 290 g/mol. The maximum atomic E-state index is 12.3. The van der Waals surface area contributed by atoms with Gasteiger partial charge < -0.3 is 14.6 Å². The smallest absolute Gasteiger partial charge is 0.242 e. The number of aromatic nitrogens is 1. The SMILES string of the molecule is CCN1CCC(CNS(=O)(=O)c2cc(CO)n(CC)c2)C1. The zero-order chi connectivity index (χ0) is 15.5. The Morgan fingerprint density at radius 3 is 2.67 bits per heavy atom. The summed E-state index contributed by atoms with van der Waals surface area (Å²) in [6, 6.07) is 1.54. The number of aliphatic hydroxyl groups is 1. The Morgan fingerprint density at radius 2 is 2.14 bits per heavy atom. The number of hydrogen-bond acceptors (Lipinski definition) is 4. The Morgan fingerprint density at radius 1 is 1.38 bits per heavy atom. The lowest BCUT2D eigenvalue weighted by Crippen LogP contribution is -2.31. The molecule has 0 radical (unpaired) electrons. The first kappa shape index (κ1) is 16.5. The van der Waals surface area contributed by atoms with E-state index in [-0.39, 0.29) is 11.5 Å². The van der Waals surface area contributed by atoms with Crippen LogP contribution >= 0.6 is 0 Å². The van der Waals surface area contributed by atoms with Gasteiger partial charge in [0, 0.05) is 31.5 Å². The topological polar surface area (TPSA) is 74.6 Å². The minimum Gasteiger partial charge on any atom is -0.390 e. The summed E-state index contributed by atoms with van der Waals surface area (Å²) in [5.74, 6) is 0.380. The molecule has 0 spiro atoms. The molecule has 0 aliphatic carbocycles. The average Bonchev–Trinajstić information content (AvgIpc) is 3.11. The number of likely N-dealkylation sites (tertiary alicyclic amines) is 1. The molecule has 1 aromatic rings. The molecule has 120 valence electrons. The average molecular weight is 315 g/mol. The van der Waals surface area contributed by atoms with Crippen LogP contribution < -0.4 is 4.72 Å². The van der Waals surface area contributed by atoms with Gasteiger partial charge in [-0.25, -0.2) is 13.1 Å². The van der Waals surface area contributed by atoms with E-state index in [0.29, 0.717) is 24.7 Å². The van der Waals surface area contributed by atoms with Gasteiger partial charge in [0.2, 0.25) is 10.0 Å². The molecule has 0 bridgehead atoms. The van der Waals surface area contributed by atoms with Crippen molar-refractivity contribution >= 4 is 10.0 Å². The van der Waals surface area contributed by atoms with E-state index < -0.39 is 10.0 Å². The Bertz CT molecular complexity index is 547. The highest BCUT2D eigenvalue weighted by molar-refractivity contribution is 7.89. The second kappa shape index (κ2) is 6.91. The number of aliphatic hydroxyl groups excluding tert-OH is 1. The van der Waals surface area contributed by atoms with Crippen LogP contribution in [-0.2, 0) is 23.2 Å². The molecule has 1 aliphatic heterocycles. The molecule has 1 unspecified atom stereocenters. The molecule has 1 aromatic heterocycles. The zero-order valence-corrected chi connectivity index (χ0v) is 13.6. The van der Waals surface area contributed by atoms with Crippen molar-refractivity contribution < 1.29 is 13.5 Å². The fourth-order valence-corrected chi connectivity index (χ4v) is 3.96. The third-order valence-electron chi connectivity index (χ3n) is 4.15. The highest BCUT2D eigenvalue weighted by Gasteiger charge is 2.24. The van der Waals surface area contributed by atoms with Gasteiger partial charge in [0.05, 0.1) is 11.5 Å². The number of nitrogens with zero attached hydrogens (tertiary/aromatic N) is 2. The molecule has 1 saturated heterocycles. The molecule has 0 saturated carbocycles. The van der Waals surface area contributed by atoms with Gasteiger partial charge in [0.1, 0.15) is 0 Å². The number of rotatable bonds is 7. The molecule has 0 amide bonds. The molecular formula is C14H25N3O3S. The number of nitrogens with one attached hydrogen (secondary N) is 1. The van der Waals surface area contributed by atoms with Gasteiger partial charge in [-0.1, -0.05) is 6.92 Å². The standard InChI is InChI=1S/C14H25N3O3S/c1-3-16-6-5-12(9-16)8-15-21(19,20)14-7-13(11-18)17(4-2)10-14/h7,10,12,15,18H,3-6,8-9,11H2,1-2H3. The molecule has 0 aromatic carbocycles. The van der Waals surface area contributed by atoms with Crippen LogP contribution in [0, 0.1) is 5.92 Å². The first-order chi connectivity index (χ1) is 10.00. The van der Waals surface area contributed by atoms with Crippen molar-refractivity contribution in [2.24, 2.45) is 5.92 Å². The van der Waals surface area contributed by atoms with E-state index in [1.165, 1.54) is 0 Å².